The number of para-hydroxylation sites is 1. The Morgan fingerprint density at radius 1 is 1.46 bits per heavy atom. The van der Waals surface area contributed by atoms with Crippen molar-refractivity contribution in [3.63, 3.8) is 0 Å². The average Bonchev–Trinajstić information content (AvgIpc) is 2.44. The molecule has 1 aromatic heterocycles. The van der Waals surface area contributed by atoms with E-state index in [0.717, 1.165) is 15.2 Å². The molecule has 13 heavy (non-hydrogen) atoms. The van der Waals surface area contributed by atoms with Gasteiger partial charge in [0.05, 0.1) is 16.0 Å². The molecule has 66 valence electrons. The Balaban J connectivity index is 2.56. The number of fused-ring (bicyclic) bond motifs is 1. The lowest BCUT2D eigenvalue weighted by atomic mass is 10.3. The number of benzene rings is 1. The van der Waals surface area contributed by atoms with Crippen LogP contribution >= 0.6 is 11.3 Å². The Labute approximate surface area is 80.2 Å². The third kappa shape index (κ3) is 1.70. The van der Waals surface area contributed by atoms with Crippen LogP contribution in [0.1, 0.15) is 11.9 Å². The zero-order valence-corrected chi connectivity index (χ0v) is 8.01. The van der Waals surface area contributed by atoms with Crippen LogP contribution in [0.5, 0.6) is 0 Å². The minimum Gasteiger partial charge on any atom is -0.513 e. The van der Waals surface area contributed by atoms with Crippen molar-refractivity contribution < 1.29 is 5.11 Å². The van der Waals surface area contributed by atoms with Crippen molar-refractivity contribution in [1.29, 1.82) is 0 Å². The lowest BCUT2D eigenvalue weighted by molar-refractivity contribution is 0.420. The molecule has 1 aromatic carbocycles. The molecule has 0 aliphatic carbocycles. The summed E-state index contributed by atoms with van der Waals surface area (Å²) >= 11 is 1.58. The molecule has 0 amide bonds. The number of rotatable bonds is 1. The first-order valence-electron chi connectivity index (χ1n) is 3.98. The molecule has 2 rings (SSSR count). The first-order valence-corrected chi connectivity index (χ1v) is 4.80. The number of aliphatic hydroxyl groups excluding tert-OH is 1. The van der Waals surface area contributed by atoms with Gasteiger partial charge < -0.3 is 5.11 Å². The van der Waals surface area contributed by atoms with Crippen molar-refractivity contribution in [2.45, 2.75) is 6.92 Å². The Kier molecular flexibility index (Phi) is 2.02. The maximum atomic E-state index is 9.06. The summed E-state index contributed by atoms with van der Waals surface area (Å²) in [6, 6.07) is 7.94. The van der Waals surface area contributed by atoms with Gasteiger partial charge in [0.2, 0.25) is 0 Å². The molecule has 0 atom stereocenters. The molecule has 0 bridgehead atoms. The highest BCUT2D eigenvalue weighted by Gasteiger charge is 1.99. The minimum absolute atomic E-state index is 0.291. The second-order valence-electron chi connectivity index (χ2n) is 2.81. The second-order valence-corrected chi connectivity index (χ2v) is 3.87. The molecule has 0 fully saturated rings. The normalized spacial score (nSPS) is 12.2. The van der Waals surface area contributed by atoms with E-state index in [-0.39, 0.29) is 0 Å². The van der Waals surface area contributed by atoms with Crippen LogP contribution in [0.15, 0.2) is 30.0 Å². The van der Waals surface area contributed by atoms with Gasteiger partial charge in [-0.15, -0.1) is 11.3 Å². The standard InChI is InChI=1S/C10H9NOS/c1-7(12)6-10-11-8-4-2-3-5-9(8)13-10/h2-6,12H,1H3. The van der Waals surface area contributed by atoms with Gasteiger partial charge in [-0.2, -0.15) is 0 Å². The molecule has 3 heteroatoms. The fourth-order valence-corrected chi connectivity index (χ4v) is 2.09. The second kappa shape index (κ2) is 3.18. The molecule has 0 saturated heterocycles. The molecular weight excluding hydrogens is 182 g/mol. The quantitative estimate of drug-likeness (QED) is 0.702. The zero-order chi connectivity index (χ0) is 9.26. The highest BCUT2D eigenvalue weighted by Crippen LogP contribution is 2.22. The SMILES string of the molecule is CC(O)=Cc1nc2ccccc2s1. The van der Waals surface area contributed by atoms with Gasteiger partial charge in [-0.05, 0) is 19.1 Å². The summed E-state index contributed by atoms with van der Waals surface area (Å²) in [5.41, 5.74) is 0.986. The van der Waals surface area contributed by atoms with Gasteiger partial charge in [-0.3, -0.25) is 0 Å². The number of aliphatic hydroxyl groups is 1. The largest absolute Gasteiger partial charge is 0.513 e. The number of aromatic nitrogens is 1. The van der Waals surface area contributed by atoms with E-state index in [2.05, 4.69) is 4.98 Å². The van der Waals surface area contributed by atoms with Crippen LogP contribution < -0.4 is 0 Å². The van der Waals surface area contributed by atoms with Gasteiger partial charge in [-0.1, -0.05) is 12.1 Å². The summed E-state index contributed by atoms with van der Waals surface area (Å²) in [7, 11) is 0. The molecule has 0 saturated carbocycles. The van der Waals surface area contributed by atoms with Crippen LogP contribution in [-0.2, 0) is 0 Å². The maximum absolute atomic E-state index is 9.06. The summed E-state index contributed by atoms with van der Waals surface area (Å²) in [5, 5.41) is 9.91. The van der Waals surface area contributed by atoms with Crippen molar-refractivity contribution in [2.24, 2.45) is 0 Å². The molecule has 2 nitrogen and oxygen atoms in total. The summed E-state index contributed by atoms with van der Waals surface area (Å²) in [6.45, 7) is 1.64. The Hall–Kier alpha value is -1.35. The van der Waals surface area contributed by atoms with Gasteiger partial charge in [0.25, 0.3) is 0 Å². The number of nitrogens with zero attached hydrogens (tertiary/aromatic N) is 1. The summed E-state index contributed by atoms with van der Waals surface area (Å²) < 4.78 is 1.15. The average molecular weight is 191 g/mol. The summed E-state index contributed by atoms with van der Waals surface area (Å²) in [5.74, 6) is 0.291. The molecule has 0 unspecified atom stereocenters. The molecule has 0 spiro atoms. The van der Waals surface area contributed by atoms with Crippen molar-refractivity contribution >= 4 is 27.6 Å². The number of hydrogen-bond donors (Lipinski definition) is 1. The predicted octanol–water partition coefficient (Wildman–Crippen LogP) is 3.22. The smallest absolute Gasteiger partial charge is 0.120 e. The van der Waals surface area contributed by atoms with Gasteiger partial charge in [0.1, 0.15) is 5.01 Å². The third-order valence-electron chi connectivity index (χ3n) is 1.64. The maximum Gasteiger partial charge on any atom is 0.120 e. The highest BCUT2D eigenvalue weighted by molar-refractivity contribution is 7.19. The topological polar surface area (TPSA) is 33.1 Å². The molecule has 0 aliphatic heterocycles. The number of hydrogen-bond acceptors (Lipinski definition) is 3. The predicted molar refractivity (Wildman–Crippen MR) is 55.9 cm³/mol. The first kappa shape index (κ1) is 8.26. The van der Waals surface area contributed by atoms with Crippen molar-refractivity contribution in [1.82, 2.24) is 4.98 Å². The van der Waals surface area contributed by atoms with Crippen LogP contribution in [0.25, 0.3) is 16.3 Å². The van der Waals surface area contributed by atoms with Crippen molar-refractivity contribution in [2.75, 3.05) is 0 Å². The van der Waals surface area contributed by atoms with E-state index < -0.39 is 0 Å². The zero-order valence-electron chi connectivity index (χ0n) is 7.19. The molecule has 0 aliphatic rings. The fourth-order valence-electron chi connectivity index (χ4n) is 1.13. The van der Waals surface area contributed by atoms with Crippen LogP contribution in [0, 0.1) is 0 Å². The Morgan fingerprint density at radius 3 is 2.92 bits per heavy atom. The monoisotopic (exact) mass is 191 g/mol. The first-order chi connectivity index (χ1) is 6.25. The van der Waals surface area contributed by atoms with Crippen LogP contribution in [-0.4, -0.2) is 10.1 Å². The van der Waals surface area contributed by atoms with E-state index in [1.54, 1.807) is 24.3 Å². The van der Waals surface area contributed by atoms with E-state index in [9.17, 15) is 0 Å². The number of allylic oxidation sites excluding steroid dienone is 1. The van der Waals surface area contributed by atoms with Gasteiger partial charge in [0.15, 0.2) is 0 Å². The van der Waals surface area contributed by atoms with Gasteiger partial charge in [-0.25, -0.2) is 4.98 Å². The molecule has 2 aromatic rings. The molecule has 1 N–H and O–H groups in total. The van der Waals surface area contributed by atoms with Crippen LogP contribution in [0.3, 0.4) is 0 Å². The summed E-state index contributed by atoms with van der Waals surface area (Å²) in [6.07, 6.45) is 1.67. The van der Waals surface area contributed by atoms with Crippen LogP contribution in [0.2, 0.25) is 0 Å². The lowest BCUT2D eigenvalue weighted by Crippen LogP contribution is -1.71. The molecule has 1 heterocycles. The third-order valence-corrected chi connectivity index (χ3v) is 2.63. The van der Waals surface area contributed by atoms with E-state index in [0.29, 0.717) is 5.76 Å². The lowest BCUT2D eigenvalue weighted by Gasteiger charge is -1.83. The van der Waals surface area contributed by atoms with E-state index in [1.165, 1.54) is 0 Å². The highest BCUT2D eigenvalue weighted by atomic mass is 32.1. The van der Waals surface area contributed by atoms with Crippen molar-refractivity contribution in [3.8, 4) is 0 Å². The minimum atomic E-state index is 0.291. The summed E-state index contributed by atoms with van der Waals surface area (Å²) in [4.78, 5) is 4.34. The van der Waals surface area contributed by atoms with Crippen molar-refractivity contribution in [3.05, 3.63) is 35.0 Å². The van der Waals surface area contributed by atoms with E-state index >= 15 is 0 Å². The van der Waals surface area contributed by atoms with E-state index in [1.807, 2.05) is 24.3 Å². The Bertz CT molecular complexity index is 422. The fraction of sp³-hybridized carbons (Fsp3) is 0.100. The molecule has 0 radical (unpaired) electrons. The Morgan fingerprint density at radius 2 is 2.23 bits per heavy atom. The van der Waals surface area contributed by atoms with E-state index in [4.69, 9.17) is 5.11 Å². The molecular formula is C10H9NOS. The van der Waals surface area contributed by atoms with Gasteiger partial charge in [0, 0.05) is 6.08 Å². The van der Waals surface area contributed by atoms with Gasteiger partial charge >= 0.3 is 0 Å². The van der Waals surface area contributed by atoms with Crippen LogP contribution in [0.4, 0.5) is 0 Å². The number of thiazole rings is 1.